The molecule has 6 nitrogen and oxygen atoms in total. The molecule has 4 heterocycles. The van der Waals surface area contributed by atoms with Crippen LogP contribution in [0.4, 0.5) is 0 Å². The fourth-order valence-electron chi connectivity index (χ4n) is 3.33. The van der Waals surface area contributed by atoms with Gasteiger partial charge in [0, 0.05) is 36.6 Å². The van der Waals surface area contributed by atoms with Gasteiger partial charge in [-0.3, -0.25) is 19.2 Å². The van der Waals surface area contributed by atoms with Crippen molar-refractivity contribution in [1.82, 2.24) is 24.5 Å². The van der Waals surface area contributed by atoms with Gasteiger partial charge in [-0.25, -0.2) is 4.98 Å². The van der Waals surface area contributed by atoms with Gasteiger partial charge in [0.15, 0.2) is 0 Å². The van der Waals surface area contributed by atoms with Crippen molar-refractivity contribution in [1.29, 1.82) is 0 Å². The second-order valence-corrected chi connectivity index (χ2v) is 6.66. The number of hydrogen-bond donors (Lipinski definition) is 1. The molecule has 0 amide bonds. The number of likely N-dealkylation sites (tertiary alicyclic amines) is 1. The highest BCUT2D eigenvalue weighted by Gasteiger charge is 2.22. The summed E-state index contributed by atoms with van der Waals surface area (Å²) in [5, 5.41) is 7.63. The van der Waals surface area contributed by atoms with E-state index >= 15 is 0 Å². The Morgan fingerprint density at radius 3 is 2.83 bits per heavy atom. The third-order valence-corrected chi connectivity index (χ3v) is 4.84. The Labute approximate surface area is 144 Å². The Morgan fingerprint density at radius 1 is 1.25 bits per heavy atom. The Kier molecular flexibility index (Phi) is 4.08. The molecular weight excluding hydrogens is 326 g/mol. The van der Waals surface area contributed by atoms with Gasteiger partial charge in [0.1, 0.15) is 5.65 Å². The Morgan fingerprint density at radius 2 is 2.08 bits per heavy atom. The summed E-state index contributed by atoms with van der Waals surface area (Å²) in [5.41, 5.74) is 2.56. The lowest BCUT2D eigenvalue weighted by molar-refractivity contribution is 0.201. The number of aromatic amines is 1. The zero-order valence-electron chi connectivity index (χ0n) is 13.2. The summed E-state index contributed by atoms with van der Waals surface area (Å²) in [7, 11) is 0. The third-order valence-electron chi connectivity index (χ3n) is 4.61. The summed E-state index contributed by atoms with van der Waals surface area (Å²) >= 11 is 5.94. The molecule has 0 unspecified atom stereocenters. The average molecular weight is 344 g/mol. The SMILES string of the molecule is O=c1cc(CN2CCC(c3ccn[nH]3)CC2)nc2ccc(Cl)cn12. The Hall–Kier alpha value is -2.18. The summed E-state index contributed by atoms with van der Waals surface area (Å²) in [6.07, 6.45) is 5.58. The number of halogens is 1. The lowest BCUT2D eigenvalue weighted by Crippen LogP contribution is -2.33. The van der Waals surface area contributed by atoms with Gasteiger partial charge in [-0.2, -0.15) is 5.10 Å². The van der Waals surface area contributed by atoms with Gasteiger partial charge in [-0.05, 0) is 44.1 Å². The van der Waals surface area contributed by atoms with E-state index in [0.29, 0.717) is 23.1 Å². The van der Waals surface area contributed by atoms with Crippen molar-refractivity contribution in [3.05, 3.63) is 63.4 Å². The first-order chi connectivity index (χ1) is 11.7. The zero-order valence-corrected chi connectivity index (χ0v) is 13.9. The lowest BCUT2D eigenvalue weighted by atomic mass is 9.93. The van der Waals surface area contributed by atoms with Gasteiger partial charge < -0.3 is 0 Å². The van der Waals surface area contributed by atoms with Crippen molar-refractivity contribution in [3.8, 4) is 0 Å². The minimum atomic E-state index is -0.0927. The number of hydrogen-bond acceptors (Lipinski definition) is 4. The van der Waals surface area contributed by atoms with E-state index in [1.165, 1.54) is 10.1 Å². The predicted molar refractivity (Wildman–Crippen MR) is 92.3 cm³/mol. The molecule has 0 aromatic carbocycles. The fraction of sp³-hybridized carbons (Fsp3) is 0.353. The van der Waals surface area contributed by atoms with E-state index in [1.54, 1.807) is 30.6 Å². The standard InChI is InChI=1S/C17H18ClN5O/c18-13-1-2-16-20-14(9-17(24)23(16)10-13)11-22-7-4-12(5-8-22)15-3-6-19-21-15/h1-3,6,9-10,12H,4-5,7-8,11H2,(H,19,21). The van der Waals surface area contributed by atoms with Crippen LogP contribution in [-0.4, -0.2) is 37.6 Å². The molecule has 0 radical (unpaired) electrons. The highest BCUT2D eigenvalue weighted by Crippen LogP contribution is 2.26. The molecule has 4 rings (SSSR count). The van der Waals surface area contributed by atoms with Crippen molar-refractivity contribution in [3.63, 3.8) is 0 Å². The van der Waals surface area contributed by atoms with Gasteiger partial charge in [0.05, 0.1) is 10.7 Å². The molecule has 0 aliphatic carbocycles. The Bertz CT molecular complexity index is 897. The molecule has 24 heavy (non-hydrogen) atoms. The highest BCUT2D eigenvalue weighted by atomic mass is 35.5. The number of aromatic nitrogens is 4. The number of pyridine rings is 1. The van der Waals surface area contributed by atoms with Gasteiger partial charge >= 0.3 is 0 Å². The molecule has 3 aromatic rings. The quantitative estimate of drug-likeness (QED) is 0.793. The predicted octanol–water partition coefficient (Wildman–Crippen LogP) is 2.45. The molecule has 7 heteroatoms. The van der Waals surface area contributed by atoms with E-state index in [2.05, 4.69) is 26.1 Å². The van der Waals surface area contributed by atoms with Crippen LogP contribution in [-0.2, 0) is 6.54 Å². The van der Waals surface area contributed by atoms with Gasteiger partial charge in [0.25, 0.3) is 5.56 Å². The molecule has 1 aliphatic heterocycles. The third kappa shape index (κ3) is 3.07. The lowest BCUT2D eigenvalue weighted by Gasteiger charge is -2.31. The normalized spacial score (nSPS) is 16.7. The first-order valence-corrected chi connectivity index (χ1v) is 8.46. The highest BCUT2D eigenvalue weighted by molar-refractivity contribution is 6.30. The minimum Gasteiger partial charge on any atom is -0.297 e. The molecule has 0 spiro atoms. The van der Waals surface area contributed by atoms with Crippen LogP contribution < -0.4 is 5.56 Å². The zero-order chi connectivity index (χ0) is 16.5. The van der Waals surface area contributed by atoms with E-state index < -0.39 is 0 Å². The van der Waals surface area contributed by atoms with Crippen LogP contribution >= 0.6 is 11.6 Å². The van der Waals surface area contributed by atoms with E-state index in [1.807, 2.05) is 0 Å². The molecule has 0 atom stereocenters. The maximum absolute atomic E-state index is 12.2. The van der Waals surface area contributed by atoms with Crippen molar-refractivity contribution < 1.29 is 0 Å². The number of fused-ring (bicyclic) bond motifs is 1. The van der Waals surface area contributed by atoms with Crippen LogP contribution in [0.15, 0.2) is 41.5 Å². The molecule has 1 saturated heterocycles. The number of nitrogens with one attached hydrogen (secondary N) is 1. The molecular formula is C17H18ClN5O. The number of rotatable bonds is 3. The first kappa shape index (κ1) is 15.4. The number of piperidine rings is 1. The average Bonchev–Trinajstić information content (AvgIpc) is 3.11. The van der Waals surface area contributed by atoms with Gasteiger partial charge in [-0.1, -0.05) is 11.6 Å². The summed E-state index contributed by atoms with van der Waals surface area (Å²) < 4.78 is 1.48. The Balaban J connectivity index is 1.47. The first-order valence-electron chi connectivity index (χ1n) is 8.08. The molecule has 0 bridgehead atoms. The van der Waals surface area contributed by atoms with Gasteiger partial charge in [0.2, 0.25) is 0 Å². The van der Waals surface area contributed by atoms with E-state index in [-0.39, 0.29) is 5.56 Å². The fourth-order valence-corrected chi connectivity index (χ4v) is 3.49. The van der Waals surface area contributed by atoms with Crippen LogP contribution in [0, 0.1) is 0 Å². The van der Waals surface area contributed by atoms with Crippen LogP contribution in [0.3, 0.4) is 0 Å². The maximum atomic E-state index is 12.2. The van der Waals surface area contributed by atoms with E-state index in [0.717, 1.165) is 31.6 Å². The van der Waals surface area contributed by atoms with Crippen molar-refractivity contribution in [2.24, 2.45) is 0 Å². The molecule has 3 aromatic heterocycles. The topological polar surface area (TPSA) is 66.3 Å². The second kappa shape index (κ2) is 6.37. The van der Waals surface area contributed by atoms with Crippen LogP contribution in [0.25, 0.3) is 5.65 Å². The summed E-state index contributed by atoms with van der Waals surface area (Å²) in [6, 6.07) is 7.18. The summed E-state index contributed by atoms with van der Waals surface area (Å²) in [5.74, 6) is 0.543. The van der Waals surface area contributed by atoms with E-state index in [4.69, 9.17) is 11.6 Å². The molecule has 124 valence electrons. The second-order valence-electron chi connectivity index (χ2n) is 6.22. The van der Waals surface area contributed by atoms with Gasteiger partial charge in [-0.15, -0.1) is 0 Å². The minimum absolute atomic E-state index is 0.0927. The summed E-state index contributed by atoms with van der Waals surface area (Å²) in [4.78, 5) is 19.2. The molecule has 0 saturated carbocycles. The molecule has 1 fully saturated rings. The van der Waals surface area contributed by atoms with Crippen molar-refractivity contribution >= 4 is 17.2 Å². The van der Waals surface area contributed by atoms with Crippen LogP contribution in [0.1, 0.15) is 30.1 Å². The summed E-state index contributed by atoms with van der Waals surface area (Å²) in [6.45, 7) is 2.68. The smallest absolute Gasteiger partial charge is 0.258 e. The monoisotopic (exact) mass is 343 g/mol. The number of nitrogens with zero attached hydrogens (tertiary/aromatic N) is 4. The van der Waals surface area contributed by atoms with Crippen LogP contribution in [0.2, 0.25) is 5.02 Å². The molecule has 1 aliphatic rings. The van der Waals surface area contributed by atoms with Crippen molar-refractivity contribution in [2.75, 3.05) is 13.1 Å². The van der Waals surface area contributed by atoms with E-state index in [9.17, 15) is 4.79 Å². The van der Waals surface area contributed by atoms with Crippen LogP contribution in [0.5, 0.6) is 0 Å². The van der Waals surface area contributed by atoms with Crippen molar-refractivity contribution in [2.45, 2.75) is 25.3 Å². The number of H-pyrrole nitrogens is 1. The maximum Gasteiger partial charge on any atom is 0.258 e. The largest absolute Gasteiger partial charge is 0.297 e. The molecule has 1 N–H and O–H groups in total.